The maximum Gasteiger partial charge on any atom is 1.00 e. The van der Waals surface area contributed by atoms with Crippen molar-refractivity contribution in [3.63, 3.8) is 0 Å². The molecule has 4 N–H and O–H groups in total. The Balaban J connectivity index is 0.00000261. The number of carbonyl (C=O) groups is 3. The van der Waals surface area contributed by atoms with Gasteiger partial charge in [-0.2, -0.15) is 0 Å². The first kappa shape index (κ1) is 22.1. The summed E-state index contributed by atoms with van der Waals surface area (Å²) < 4.78 is 0. The van der Waals surface area contributed by atoms with Crippen molar-refractivity contribution >= 4 is 51.7 Å². The van der Waals surface area contributed by atoms with Crippen LogP contribution in [0.4, 0.5) is 5.13 Å². The van der Waals surface area contributed by atoms with E-state index in [0.717, 1.165) is 16.2 Å². The van der Waals surface area contributed by atoms with Gasteiger partial charge in [0.1, 0.15) is 17.1 Å². The predicted molar refractivity (Wildman–Crippen MR) is 92.1 cm³/mol. The van der Waals surface area contributed by atoms with Crippen LogP contribution < -0.4 is 67.5 Å². The van der Waals surface area contributed by atoms with Crippen LogP contribution in [0.25, 0.3) is 0 Å². The third-order valence-corrected chi connectivity index (χ3v) is 5.78. The molecular weight excluding hydrogens is 421 g/mol. The fraction of sp³-hybridized carbons (Fsp3) is 0.214. The van der Waals surface area contributed by atoms with Crippen molar-refractivity contribution in [3.8, 4) is 0 Å². The van der Waals surface area contributed by atoms with Gasteiger partial charge < -0.3 is 26.2 Å². The van der Waals surface area contributed by atoms with Crippen molar-refractivity contribution in [2.75, 3.05) is 11.5 Å². The van der Waals surface area contributed by atoms with Gasteiger partial charge in [0, 0.05) is 11.1 Å². The predicted octanol–water partition coefficient (Wildman–Crippen LogP) is -4.50. The number of fused-ring (bicyclic) bond motifs is 1. The molecule has 3 rings (SSSR count). The Bertz CT molecular complexity index is 883. The van der Waals surface area contributed by atoms with Gasteiger partial charge in [0.25, 0.3) is 11.8 Å². The van der Waals surface area contributed by atoms with Gasteiger partial charge in [0.2, 0.25) is 0 Å². The molecule has 1 aromatic rings. The van der Waals surface area contributed by atoms with Gasteiger partial charge in [-0.3, -0.25) is 14.5 Å². The molecule has 2 atom stereocenters. The van der Waals surface area contributed by atoms with Gasteiger partial charge in [-0.25, -0.2) is 4.98 Å². The molecule has 1 fully saturated rings. The number of carboxylic acid groups (broad SMARTS) is 1. The molecule has 27 heavy (non-hydrogen) atoms. The summed E-state index contributed by atoms with van der Waals surface area (Å²) in [6, 6.07) is -0.971. The third kappa shape index (κ3) is 3.99. The zero-order valence-electron chi connectivity index (χ0n) is 14.0. The van der Waals surface area contributed by atoms with Crippen molar-refractivity contribution in [2.24, 2.45) is 5.16 Å². The number of nitrogens with two attached hydrogens (primary N) is 1. The molecule has 0 saturated carbocycles. The van der Waals surface area contributed by atoms with Crippen LogP contribution >= 0.6 is 23.1 Å². The first-order valence-electron chi connectivity index (χ1n) is 7.15. The number of aliphatic carboxylic acids is 1. The van der Waals surface area contributed by atoms with Gasteiger partial charge in [-0.15, -0.1) is 23.1 Å². The average Bonchev–Trinajstić information content (AvgIpc) is 3.04. The summed E-state index contributed by atoms with van der Waals surface area (Å²) in [6.45, 7) is 3.53. The number of hydrogen-bond donors (Lipinski definition) is 3. The smallest absolute Gasteiger partial charge is 0.543 e. The Morgan fingerprint density at radius 1 is 1.56 bits per heavy atom. The zero-order chi connectivity index (χ0) is 19.0. The van der Waals surface area contributed by atoms with E-state index in [0.29, 0.717) is 11.3 Å². The quantitative estimate of drug-likeness (QED) is 0.138. The molecule has 0 bridgehead atoms. The van der Waals surface area contributed by atoms with Crippen LogP contribution in [0.15, 0.2) is 34.5 Å². The minimum absolute atomic E-state index is 0. The molecule has 13 heteroatoms. The van der Waals surface area contributed by atoms with E-state index in [1.165, 1.54) is 23.2 Å². The summed E-state index contributed by atoms with van der Waals surface area (Å²) in [5.74, 6) is -2.62. The summed E-state index contributed by atoms with van der Waals surface area (Å²) in [7, 11) is 0. The summed E-state index contributed by atoms with van der Waals surface area (Å²) >= 11 is 2.33. The first-order valence-corrected chi connectivity index (χ1v) is 9.07. The molecule has 2 amide bonds. The fourth-order valence-corrected chi connectivity index (χ4v) is 4.50. The number of β-lactam (4-membered cyclic amide) rings is 1. The Kier molecular flexibility index (Phi) is 7.24. The first-order chi connectivity index (χ1) is 12.4. The largest absolute Gasteiger partial charge is 1.00 e. The van der Waals surface area contributed by atoms with Gasteiger partial charge >= 0.3 is 51.4 Å². The molecule has 10 nitrogen and oxygen atoms in total. The molecule has 1 unspecified atom stereocenters. The number of thioether (sulfide) groups is 1. The van der Waals surface area contributed by atoms with Crippen molar-refractivity contribution in [2.45, 2.75) is 11.4 Å². The molecule has 0 spiro atoms. The van der Waals surface area contributed by atoms with E-state index in [9.17, 15) is 19.5 Å². The second-order valence-corrected chi connectivity index (χ2v) is 7.24. The standard InChI is InChI=1S/C14H13N5O5S2.K/c1-2-5-3-25-12-8(11(21)19(12)9(5)13(22)23)17-10(20)7(18-24)6-4-26-14(15)16-6;/h2,4,8,12,24H,1,3H2,(H2,15,16)(H,17,20)(H,22,23);/q;+1/p-1/t8?,12-;/m1./s1. The van der Waals surface area contributed by atoms with E-state index in [2.05, 4.69) is 22.0 Å². The number of nitrogens with one attached hydrogen (secondary N) is 1. The molecule has 2 aliphatic rings. The van der Waals surface area contributed by atoms with Crippen LogP contribution in [0.3, 0.4) is 0 Å². The average molecular weight is 434 g/mol. The molecule has 0 aromatic carbocycles. The number of nitrogen functional groups attached to an aromatic ring is 1. The number of aromatic nitrogens is 1. The molecule has 2 aliphatic heterocycles. The van der Waals surface area contributed by atoms with E-state index < -0.39 is 34.9 Å². The van der Waals surface area contributed by atoms with Crippen molar-refractivity contribution in [1.29, 1.82) is 0 Å². The van der Waals surface area contributed by atoms with Crippen LogP contribution in [0, 0.1) is 0 Å². The number of nitrogens with zero attached hydrogens (tertiary/aromatic N) is 3. The van der Waals surface area contributed by atoms with Crippen molar-refractivity contribution in [3.05, 3.63) is 35.0 Å². The van der Waals surface area contributed by atoms with Crippen LogP contribution in [0.2, 0.25) is 0 Å². The molecule has 1 aromatic heterocycles. The fourth-order valence-electron chi connectivity index (χ4n) is 2.61. The molecule has 0 aliphatic carbocycles. The zero-order valence-corrected chi connectivity index (χ0v) is 18.8. The SMILES string of the molecule is C=CC1=C(C(=O)[O-])N2C(=O)C(NC(=O)C(=NO)c3csc(N)n3)[C@H]2SC1.[K+]. The summed E-state index contributed by atoms with van der Waals surface area (Å²) in [5, 5.41) is 26.8. The number of allylic oxidation sites excluding steroid dienone is 1. The van der Waals surface area contributed by atoms with Crippen LogP contribution in [0.5, 0.6) is 0 Å². The van der Waals surface area contributed by atoms with E-state index in [1.807, 2.05) is 0 Å². The maximum atomic E-state index is 12.4. The Morgan fingerprint density at radius 2 is 2.26 bits per heavy atom. The number of amides is 2. The number of carboxylic acids is 1. The summed E-state index contributed by atoms with van der Waals surface area (Å²) in [4.78, 5) is 40.9. The van der Waals surface area contributed by atoms with E-state index >= 15 is 0 Å². The van der Waals surface area contributed by atoms with Crippen LogP contribution in [-0.2, 0) is 14.4 Å². The molecule has 3 heterocycles. The second-order valence-electron chi connectivity index (χ2n) is 5.25. The monoisotopic (exact) mass is 433 g/mol. The minimum Gasteiger partial charge on any atom is -0.543 e. The number of anilines is 1. The normalized spacial score (nSPS) is 21.7. The van der Waals surface area contributed by atoms with Crippen LogP contribution in [-0.4, -0.2) is 55.8 Å². The summed E-state index contributed by atoms with van der Waals surface area (Å²) in [5.41, 5.74) is 5.29. The number of hydrogen-bond acceptors (Lipinski definition) is 10. The maximum absolute atomic E-state index is 12.4. The second kappa shape index (κ2) is 8.85. The summed E-state index contributed by atoms with van der Waals surface area (Å²) in [6.07, 6.45) is 1.36. The van der Waals surface area contributed by atoms with Gasteiger partial charge in [0.15, 0.2) is 10.8 Å². The molecule has 0 radical (unpaired) electrons. The molecule has 1 saturated heterocycles. The van der Waals surface area contributed by atoms with Gasteiger partial charge in [0.05, 0.1) is 11.7 Å². The number of carbonyl (C=O) groups excluding carboxylic acids is 3. The van der Waals surface area contributed by atoms with Gasteiger partial charge in [-0.1, -0.05) is 17.8 Å². The van der Waals surface area contributed by atoms with E-state index in [4.69, 9.17) is 10.9 Å². The number of thiazole rings is 1. The van der Waals surface area contributed by atoms with Crippen molar-refractivity contribution in [1.82, 2.24) is 15.2 Å². The molecular formula is C14H12KN5O5S2. The Labute approximate surface area is 204 Å². The third-order valence-electron chi connectivity index (χ3n) is 3.80. The van der Waals surface area contributed by atoms with Crippen LogP contribution in [0.1, 0.15) is 5.69 Å². The number of rotatable bonds is 5. The van der Waals surface area contributed by atoms with E-state index in [-0.39, 0.29) is 67.9 Å². The Morgan fingerprint density at radius 3 is 2.78 bits per heavy atom. The van der Waals surface area contributed by atoms with E-state index in [1.54, 1.807) is 0 Å². The molecule has 136 valence electrons. The Hall–Kier alpha value is -1.22. The van der Waals surface area contributed by atoms with Gasteiger partial charge in [-0.05, 0) is 5.57 Å². The number of oxime groups is 1. The van der Waals surface area contributed by atoms with Crippen molar-refractivity contribution < 1.29 is 76.1 Å². The topological polar surface area (TPSA) is 161 Å². The minimum atomic E-state index is -1.49.